The normalized spacial score (nSPS) is 9.55. The highest BCUT2D eigenvalue weighted by molar-refractivity contribution is 6.33. The van der Waals surface area contributed by atoms with Crippen LogP contribution >= 0.6 is 11.6 Å². The van der Waals surface area contributed by atoms with Crippen molar-refractivity contribution in [2.75, 3.05) is 5.73 Å². The summed E-state index contributed by atoms with van der Waals surface area (Å²) in [5, 5.41) is 0.535. The van der Waals surface area contributed by atoms with Crippen LogP contribution in [0.5, 0.6) is 0 Å². The van der Waals surface area contributed by atoms with Crippen LogP contribution in [0.1, 0.15) is 5.69 Å². The number of aromatic nitrogens is 1. The van der Waals surface area contributed by atoms with Crippen LogP contribution in [0.15, 0.2) is 24.9 Å². The summed E-state index contributed by atoms with van der Waals surface area (Å²) in [5.41, 5.74) is 6.89. The molecule has 0 atom stereocenters. The number of nitrogens with zero attached hydrogens (tertiary/aromatic N) is 1. The third kappa shape index (κ3) is 1.71. The molecule has 1 rings (SSSR count). The van der Waals surface area contributed by atoms with E-state index < -0.39 is 0 Å². The van der Waals surface area contributed by atoms with E-state index in [0.29, 0.717) is 17.1 Å². The van der Waals surface area contributed by atoms with E-state index in [2.05, 4.69) is 11.6 Å². The fraction of sp³-hybridized carbons (Fsp3) is 0.125. The summed E-state index contributed by atoms with van der Waals surface area (Å²) >= 11 is 5.84. The highest BCUT2D eigenvalue weighted by Gasteiger charge is 2.01. The number of allylic oxidation sites excluding steroid dienone is 1. The molecule has 0 saturated carbocycles. The third-order valence-electron chi connectivity index (χ3n) is 1.33. The summed E-state index contributed by atoms with van der Waals surface area (Å²) in [4.78, 5) is 4.05. The number of hydrogen-bond donors (Lipinski definition) is 1. The average Bonchev–Trinajstić information content (AvgIpc) is 1.99. The molecule has 2 nitrogen and oxygen atoms in total. The Kier molecular flexibility index (Phi) is 2.49. The number of hydrogen-bond acceptors (Lipinski definition) is 2. The van der Waals surface area contributed by atoms with Crippen LogP contribution in [0, 0.1) is 0 Å². The molecule has 1 heterocycles. The molecule has 1 aromatic rings. The molecule has 3 heteroatoms. The van der Waals surface area contributed by atoms with Crippen LogP contribution in [-0.2, 0) is 6.42 Å². The second-order valence-electron chi connectivity index (χ2n) is 2.15. The van der Waals surface area contributed by atoms with Crippen LogP contribution < -0.4 is 5.73 Å². The molecule has 0 bridgehead atoms. The summed E-state index contributed by atoms with van der Waals surface area (Å²) < 4.78 is 0. The average molecular weight is 169 g/mol. The molecule has 11 heavy (non-hydrogen) atoms. The first-order chi connectivity index (χ1) is 5.25. The third-order valence-corrected chi connectivity index (χ3v) is 1.77. The SMILES string of the molecule is C=CCc1nccc(N)c1Cl. The molecule has 0 saturated heterocycles. The number of halogens is 1. The molecule has 58 valence electrons. The highest BCUT2D eigenvalue weighted by Crippen LogP contribution is 2.20. The fourth-order valence-corrected chi connectivity index (χ4v) is 0.972. The molecular formula is C8H9ClN2. The number of anilines is 1. The lowest BCUT2D eigenvalue weighted by Gasteiger charge is -2.01. The van der Waals surface area contributed by atoms with Crippen LogP contribution in [-0.4, -0.2) is 4.98 Å². The standard InChI is InChI=1S/C8H9ClN2/c1-2-3-7-8(9)6(10)4-5-11-7/h2,4-5H,1,3H2,(H2,10,11). The van der Waals surface area contributed by atoms with E-state index in [1.807, 2.05) is 0 Å². The molecule has 1 aromatic heterocycles. The van der Waals surface area contributed by atoms with E-state index in [9.17, 15) is 0 Å². The van der Waals surface area contributed by atoms with Gasteiger partial charge in [0.15, 0.2) is 0 Å². The van der Waals surface area contributed by atoms with Crippen molar-refractivity contribution < 1.29 is 0 Å². The van der Waals surface area contributed by atoms with Gasteiger partial charge in [-0.2, -0.15) is 0 Å². The Balaban J connectivity index is 3.05. The lowest BCUT2D eigenvalue weighted by molar-refractivity contribution is 1.12. The van der Waals surface area contributed by atoms with Crippen molar-refractivity contribution in [2.24, 2.45) is 0 Å². The second kappa shape index (κ2) is 3.39. The molecular weight excluding hydrogens is 160 g/mol. The largest absolute Gasteiger partial charge is 0.397 e. The Bertz CT molecular complexity index is 271. The number of pyridine rings is 1. The molecule has 0 aliphatic rings. The lowest BCUT2D eigenvalue weighted by Crippen LogP contribution is -1.93. The van der Waals surface area contributed by atoms with Crippen molar-refractivity contribution in [1.29, 1.82) is 0 Å². The van der Waals surface area contributed by atoms with Gasteiger partial charge in [0.25, 0.3) is 0 Å². The Morgan fingerprint density at radius 3 is 3.09 bits per heavy atom. The van der Waals surface area contributed by atoms with Crippen molar-refractivity contribution in [1.82, 2.24) is 4.98 Å². The smallest absolute Gasteiger partial charge is 0.0853 e. The van der Waals surface area contributed by atoms with Crippen molar-refractivity contribution >= 4 is 17.3 Å². The van der Waals surface area contributed by atoms with Crippen LogP contribution in [0.3, 0.4) is 0 Å². The van der Waals surface area contributed by atoms with Gasteiger partial charge in [0.1, 0.15) is 0 Å². The summed E-state index contributed by atoms with van der Waals surface area (Å²) in [7, 11) is 0. The number of rotatable bonds is 2. The monoisotopic (exact) mass is 168 g/mol. The maximum Gasteiger partial charge on any atom is 0.0853 e. The minimum atomic E-state index is 0.535. The summed E-state index contributed by atoms with van der Waals surface area (Å²) in [6.45, 7) is 3.59. The first kappa shape index (κ1) is 8.08. The van der Waals surface area contributed by atoms with Crippen molar-refractivity contribution in [2.45, 2.75) is 6.42 Å². The van der Waals surface area contributed by atoms with Crippen molar-refractivity contribution in [3.8, 4) is 0 Å². The number of nitrogens with two attached hydrogens (primary N) is 1. The van der Waals surface area contributed by atoms with Crippen molar-refractivity contribution in [3.05, 3.63) is 35.6 Å². The van der Waals surface area contributed by atoms with Gasteiger partial charge in [0.2, 0.25) is 0 Å². The maximum absolute atomic E-state index is 5.84. The summed E-state index contributed by atoms with van der Waals surface area (Å²) in [6, 6.07) is 1.68. The summed E-state index contributed by atoms with van der Waals surface area (Å²) in [6.07, 6.45) is 4.04. The molecule has 0 fully saturated rings. The predicted molar refractivity (Wildman–Crippen MR) is 47.6 cm³/mol. The Morgan fingerprint density at radius 1 is 1.73 bits per heavy atom. The fourth-order valence-electron chi connectivity index (χ4n) is 0.783. The Morgan fingerprint density at radius 2 is 2.45 bits per heavy atom. The van der Waals surface area contributed by atoms with Crippen LogP contribution in [0.25, 0.3) is 0 Å². The van der Waals surface area contributed by atoms with E-state index in [1.165, 1.54) is 0 Å². The molecule has 0 aromatic carbocycles. The van der Waals surface area contributed by atoms with Gasteiger partial charge in [-0.05, 0) is 6.07 Å². The van der Waals surface area contributed by atoms with Gasteiger partial charge >= 0.3 is 0 Å². The first-order valence-corrected chi connectivity index (χ1v) is 3.63. The minimum Gasteiger partial charge on any atom is -0.397 e. The quantitative estimate of drug-likeness (QED) is 0.687. The zero-order chi connectivity index (χ0) is 8.27. The van der Waals surface area contributed by atoms with Gasteiger partial charge in [0, 0.05) is 12.6 Å². The molecule has 0 aliphatic heterocycles. The second-order valence-corrected chi connectivity index (χ2v) is 2.53. The van der Waals surface area contributed by atoms with Gasteiger partial charge < -0.3 is 5.73 Å². The van der Waals surface area contributed by atoms with Gasteiger partial charge in [-0.3, -0.25) is 4.98 Å². The predicted octanol–water partition coefficient (Wildman–Crippen LogP) is 2.05. The minimum absolute atomic E-state index is 0.535. The topological polar surface area (TPSA) is 38.9 Å². The zero-order valence-corrected chi connectivity index (χ0v) is 6.80. The zero-order valence-electron chi connectivity index (χ0n) is 6.05. The molecule has 0 aliphatic carbocycles. The van der Waals surface area contributed by atoms with Crippen LogP contribution in [0.2, 0.25) is 5.02 Å². The van der Waals surface area contributed by atoms with E-state index in [1.54, 1.807) is 18.3 Å². The Hall–Kier alpha value is -1.02. The van der Waals surface area contributed by atoms with E-state index in [-0.39, 0.29) is 0 Å². The highest BCUT2D eigenvalue weighted by atomic mass is 35.5. The maximum atomic E-state index is 5.84. The van der Waals surface area contributed by atoms with Gasteiger partial charge in [0.05, 0.1) is 16.4 Å². The molecule has 0 radical (unpaired) electrons. The molecule has 0 spiro atoms. The molecule has 0 amide bonds. The molecule has 2 N–H and O–H groups in total. The number of nitrogen functional groups attached to an aromatic ring is 1. The summed E-state index contributed by atoms with van der Waals surface area (Å²) in [5.74, 6) is 0. The van der Waals surface area contributed by atoms with Gasteiger partial charge in [-0.15, -0.1) is 6.58 Å². The molecule has 0 unspecified atom stereocenters. The van der Waals surface area contributed by atoms with Crippen LogP contribution in [0.4, 0.5) is 5.69 Å². The van der Waals surface area contributed by atoms with E-state index >= 15 is 0 Å². The lowest BCUT2D eigenvalue weighted by atomic mass is 10.2. The van der Waals surface area contributed by atoms with E-state index in [0.717, 1.165) is 5.69 Å². The Labute approximate surface area is 70.7 Å². The van der Waals surface area contributed by atoms with Crippen molar-refractivity contribution in [3.63, 3.8) is 0 Å². The first-order valence-electron chi connectivity index (χ1n) is 3.25. The van der Waals surface area contributed by atoms with Gasteiger partial charge in [-0.25, -0.2) is 0 Å². The van der Waals surface area contributed by atoms with Gasteiger partial charge in [-0.1, -0.05) is 17.7 Å². The van der Waals surface area contributed by atoms with E-state index in [4.69, 9.17) is 17.3 Å².